The van der Waals surface area contributed by atoms with Gasteiger partial charge in [0.2, 0.25) is 0 Å². The largest absolute Gasteiger partial charge is 0.500 e. The highest BCUT2D eigenvalue weighted by Crippen LogP contribution is 2.05. The van der Waals surface area contributed by atoms with Crippen molar-refractivity contribution in [1.29, 1.82) is 0 Å². The van der Waals surface area contributed by atoms with Crippen molar-refractivity contribution in [3.05, 3.63) is 11.2 Å². The summed E-state index contributed by atoms with van der Waals surface area (Å²) in [6.07, 6.45) is 1.96. The number of sulfone groups is 1. The molecule has 0 aromatic carbocycles. The van der Waals surface area contributed by atoms with Gasteiger partial charge in [-0.25, -0.2) is 8.42 Å². The number of Topliss-reactive ketones (excluding diaryl/α,β-unsaturated/α-hetero) is 1. The van der Waals surface area contributed by atoms with Crippen LogP contribution in [0.25, 0.3) is 0 Å². The first-order chi connectivity index (χ1) is 5.39. The average molecular weight is 192 g/mol. The molecule has 0 radical (unpaired) electrons. The Morgan fingerprint density at radius 3 is 2.25 bits per heavy atom. The lowest BCUT2D eigenvalue weighted by molar-refractivity contribution is -0.113. The molecule has 0 spiro atoms. The number of carbonyl (C=O) groups excluding carboxylic acids is 1. The number of allylic oxidation sites excluding steroid dienone is 1. The van der Waals surface area contributed by atoms with E-state index in [1.165, 1.54) is 6.92 Å². The zero-order chi connectivity index (χ0) is 9.78. The standard InChI is InChI=1S/C7H12O4S/c1-4-11-5-7(6(2)8)12(3,9)10/h5H,4H2,1-3H3/b7-5-. The fraction of sp³-hybridized carbons (Fsp3) is 0.571. The Hall–Kier alpha value is -0.840. The van der Waals surface area contributed by atoms with Crippen LogP contribution < -0.4 is 0 Å². The summed E-state index contributed by atoms with van der Waals surface area (Å²) in [5.41, 5.74) is 0. The lowest BCUT2D eigenvalue weighted by atomic mass is 10.4. The number of carbonyl (C=O) groups is 1. The SMILES string of the molecule is CCO/C=C(/C(C)=O)S(C)(=O)=O. The maximum absolute atomic E-state index is 10.9. The summed E-state index contributed by atoms with van der Waals surface area (Å²) in [5, 5.41) is 0. The Morgan fingerprint density at radius 2 is 2.00 bits per heavy atom. The topological polar surface area (TPSA) is 60.4 Å². The molecule has 12 heavy (non-hydrogen) atoms. The lowest BCUT2D eigenvalue weighted by Gasteiger charge is -2.00. The number of hydrogen-bond acceptors (Lipinski definition) is 4. The minimum Gasteiger partial charge on any atom is -0.500 e. The van der Waals surface area contributed by atoms with Gasteiger partial charge in [-0.3, -0.25) is 4.79 Å². The van der Waals surface area contributed by atoms with Crippen LogP contribution in [0.15, 0.2) is 11.2 Å². The number of rotatable bonds is 4. The second-order valence-electron chi connectivity index (χ2n) is 2.27. The van der Waals surface area contributed by atoms with Gasteiger partial charge in [0.15, 0.2) is 15.6 Å². The van der Waals surface area contributed by atoms with E-state index >= 15 is 0 Å². The van der Waals surface area contributed by atoms with E-state index in [9.17, 15) is 13.2 Å². The zero-order valence-electron chi connectivity index (χ0n) is 7.33. The predicted molar refractivity (Wildman–Crippen MR) is 45.2 cm³/mol. The first-order valence-electron chi connectivity index (χ1n) is 3.42. The molecule has 0 heterocycles. The summed E-state index contributed by atoms with van der Waals surface area (Å²) < 4.78 is 26.5. The number of ketones is 1. The fourth-order valence-corrected chi connectivity index (χ4v) is 1.36. The summed E-state index contributed by atoms with van der Waals surface area (Å²) in [6, 6.07) is 0. The number of ether oxygens (including phenoxy) is 1. The van der Waals surface area contributed by atoms with Crippen LogP contribution >= 0.6 is 0 Å². The third kappa shape index (κ3) is 3.52. The van der Waals surface area contributed by atoms with Crippen molar-refractivity contribution >= 4 is 15.6 Å². The third-order valence-corrected chi connectivity index (χ3v) is 2.29. The summed E-state index contributed by atoms with van der Waals surface area (Å²) in [5.74, 6) is -0.508. The smallest absolute Gasteiger partial charge is 0.182 e. The van der Waals surface area contributed by atoms with Crippen molar-refractivity contribution < 1.29 is 17.9 Å². The molecule has 0 aromatic heterocycles. The Labute approximate surface area is 72.1 Å². The minimum absolute atomic E-state index is 0.288. The fourth-order valence-electron chi connectivity index (χ4n) is 0.590. The van der Waals surface area contributed by atoms with Crippen LogP contribution in [0, 0.1) is 0 Å². The van der Waals surface area contributed by atoms with Crippen molar-refractivity contribution in [1.82, 2.24) is 0 Å². The third-order valence-electron chi connectivity index (χ3n) is 1.10. The lowest BCUT2D eigenvalue weighted by Crippen LogP contribution is -2.09. The Kier molecular flexibility index (Phi) is 3.95. The van der Waals surface area contributed by atoms with E-state index in [4.69, 9.17) is 4.74 Å². The van der Waals surface area contributed by atoms with Gasteiger partial charge in [0.25, 0.3) is 0 Å². The molecule has 0 saturated heterocycles. The second-order valence-corrected chi connectivity index (χ2v) is 4.25. The van der Waals surface area contributed by atoms with Gasteiger partial charge >= 0.3 is 0 Å². The molecule has 0 atom stereocenters. The van der Waals surface area contributed by atoms with E-state index in [1.54, 1.807) is 6.92 Å². The van der Waals surface area contributed by atoms with Gasteiger partial charge in [-0.15, -0.1) is 0 Å². The van der Waals surface area contributed by atoms with Gasteiger partial charge in [-0.05, 0) is 13.8 Å². The quantitative estimate of drug-likeness (QED) is 0.480. The molecule has 0 aromatic rings. The van der Waals surface area contributed by atoms with E-state index in [0.29, 0.717) is 6.61 Å². The van der Waals surface area contributed by atoms with Gasteiger partial charge in [-0.1, -0.05) is 0 Å². The Morgan fingerprint density at radius 1 is 1.50 bits per heavy atom. The first-order valence-corrected chi connectivity index (χ1v) is 5.31. The molecule has 0 bridgehead atoms. The van der Waals surface area contributed by atoms with Crippen LogP contribution in [0.1, 0.15) is 13.8 Å². The molecule has 0 aliphatic heterocycles. The van der Waals surface area contributed by atoms with Gasteiger partial charge in [0.1, 0.15) is 11.2 Å². The van der Waals surface area contributed by atoms with Crippen LogP contribution in [0.2, 0.25) is 0 Å². The highest BCUT2D eigenvalue weighted by molar-refractivity contribution is 7.95. The molecule has 0 aliphatic carbocycles. The highest BCUT2D eigenvalue weighted by atomic mass is 32.2. The van der Waals surface area contributed by atoms with Crippen molar-refractivity contribution in [3.63, 3.8) is 0 Å². The molecule has 70 valence electrons. The monoisotopic (exact) mass is 192 g/mol. The Balaban J connectivity index is 4.82. The maximum Gasteiger partial charge on any atom is 0.182 e. The summed E-state index contributed by atoms with van der Waals surface area (Å²) >= 11 is 0. The van der Waals surface area contributed by atoms with Crippen LogP contribution in [0.5, 0.6) is 0 Å². The molecule has 0 amide bonds. The molecule has 0 fully saturated rings. The van der Waals surface area contributed by atoms with Gasteiger partial charge in [0, 0.05) is 6.26 Å². The van der Waals surface area contributed by atoms with Crippen LogP contribution in [0.3, 0.4) is 0 Å². The van der Waals surface area contributed by atoms with Crippen molar-refractivity contribution in [2.45, 2.75) is 13.8 Å². The van der Waals surface area contributed by atoms with E-state index in [-0.39, 0.29) is 4.91 Å². The average Bonchev–Trinajstić information content (AvgIpc) is 1.84. The molecule has 0 N–H and O–H groups in total. The molecular formula is C7H12O4S. The minimum atomic E-state index is -3.45. The second kappa shape index (κ2) is 4.25. The number of hydrogen-bond donors (Lipinski definition) is 0. The molecule has 5 heteroatoms. The predicted octanol–water partition coefficient (Wildman–Crippen LogP) is 0.498. The normalized spacial score (nSPS) is 12.8. The molecule has 0 rings (SSSR count). The summed E-state index contributed by atoms with van der Waals surface area (Å²) in [7, 11) is -3.45. The molecule has 0 saturated carbocycles. The molecule has 0 aliphatic rings. The van der Waals surface area contributed by atoms with Crippen LogP contribution in [-0.4, -0.2) is 27.1 Å². The molecule has 4 nitrogen and oxygen atoms in total. The van der Waals surface area contributed by atoms with E-state index in [0.717, 1.165) is 12.5 Å². The van der Waals surface area contributed by atoms with Gasteiger partial charge in [-0.2, -0.15) is 0 Å². The van der Waals surface area contributed by atoms with E-state index in [1.807, 2.05) is 0 Å². The highest BCUT2D eigenvalue weighted by Gasteiger charge is 2.16. The zero-order valence-corrected chi connectivity index (χ0v) is 8.14. The van der Waals surface area contributed by atoms with Crippen molar-refractivity contribution in [3.8, 4) is 0 Å². The van der Waals surface area contributed by atoms with Gasteiger partial charge < -0.3 is 4.74 Å². The summed E-state index contributed by atoms with van der Waals surface area (Å²) in [4.78, 5) is 10.5. The molecule has 0 unspecified atom stereocenters. The van der Waals surface area contributed by atoms with E-state index < -0.39 is 15.6 Å². The van der Waals surface area contributed by atoms with Crippen LogP contribution in [0.4, 0.5) is 0 Å². The summed E-state index contributed by atoms with van der Waals surface area (Å²) in [6.45, 7) is 3.23. The van der Waals surface area contributed by atoms with Crippen LogP contribution in [-0.2, 0) is 19.4 Å². The van der Waals surface area contributed by atoms with Gasteiger partial charge in [0.05, 0.1) is 6.61 Å². The first kappa shape index (κ1) is 11.2. The van der Waals surface area contributed by atoms with Crippen molar-refractivity contribution in [2.24, 2.45) is 0 Å². The van der Waals surface area contributed by atoms with E-state index in [2.05, 4.69) is 0 Å². The molecular weight excluding hydrogens is 180 g/mol. The van der Waals surface area contributed by atoms with Crippen molar-refractivity contribution in [2.75, 3.05) is 12.9 Å². The maximum atomic E-state index is 10.9. The Bertz CT molecular complexity index is 287.